The van der Waals surface area contributed by atoms with Crippen LogP contribution in [0.25, 0.3) is 0 Å². The summed E-state index contributed by atoms with van der Waals surface area (Å²) in [4.78, 5) is 11.2. The topological polar surface area (TPSA) is 51.2 Å². The SMILES string of the molecule is O=C1CCC(S(=O)(=O)c2ccc(F)cc2)CC1. The zero-order valence-electron chi connectivity index (χ0n) is 9.23. The minimum absolute atomic E-state index is 0.121. The van der Waals surface area contributed by atoms with E-state index in [2.05, 4.69) is 0 Å². The molecule has 0 aromatic heterocycles. The summed E-state index contributed by atoms with van der Waals surface area (Å²) in [6.07, 6.45) is 1.40. The number of rotatable bonds is 2. The highest BCUT2D eigenvalue weighted by molar-refractivity contribution is 7.92. The number of halogens is 1. The van der Waals surface area contributed by atoms with Crippen LogP contribution in [0, 0.1) is 5.82 Å². The number of Topliss-reactive ketones (excluding diaryl/α,β-unsaturated/α-hetero) is 1. The summed E-state index contributed by atoms with van der Waals surface area (Å²) < 4.78 is 37.1. The van der Waals surface area contributed by atoms with Crippen LogP contribution in [-0.2, 0) is 14.6 Å². The van der Waals surface area contributed by atoms with Crippen LogP contribution in [0.1, 0.15) is 25.7 Å². The van der Waals surface area contributed by atoms with Gasteiger partial charge in [0.05, 0.1) is 10.1 Å². The molecule has 0 unspecified atom stereocenters. The quantitative estimate of drug-likeness (QED) is 0.761. The van der Waals surface area contributed by atoms with Crippen molar-refractivity contribution < 1.29 is 17.6 Å². The van der Waals surface area contributed by atoms with Crippen molar-refractivity contribution >= 4 is 15.6 Å². The highest BCUT2D eigenvalue weighted by Crippen LogP contribution is 2.27. The second-order valence-corrected chi connectivity index (χ2v) is 6.47. The van der Waals surface area contributed by atoms with Gasteiger partial charge in [0, 0.05) is 12.8 Å². The van der Waals surface area contributed by atoms with E-state index in [4.69, 9.17) is 0 Å². The van der Waals surface area contributed by atoms with Crippen LogP contribution in [-0.4, -0.2) is 19.5 Å². The van der Waals surface area contributed by atoms with E-state index in [1.165, 1.54) is 12.1 Å². The van der Waals surface area contributed by atoms with Crippen molar-refractivity contribution in [2.45, 2.75) is 35.8 Å². The Morgan fingerprint density at radius 3 is 2.12 bits per heavy atom. The van der Waals surface area contributed by atoms with E-state index in [0.29, 0.717) is 25.7 Å². The fourth-order valence-corrected chi connectivity index (χ4v) is 3.80. The molecule has 3 nitrogen and oxygen atoms in total. The lowest BCUT2D eigenvalue weighted by atomic mass is 9.99. The number of hydrogen-bond acceptors (Lipinski definition) is 3. The summed E-state index contributed by atoms with van der Waals surface area (Å²) in [7, 11) is -3.42. The first-order valence-corrected chi connectivity index (χ1v) is 7.06. The van der Waals surface area contributed by atoms with Crippen LogP contribution in [0.15, 0.2) is 29.2 Å². The maximum atomic E-state index is 12.7. The number of hydrogen-bond donors (Lipinski definition) is 0. The molecule has 0 amide bonds. The van der Waals surface area contributed by atoms with Gasteiger partial charge in [-0.2, -0.15) is 0 Å². The summed E-state index contributed by atoms with van der Waals surface area (Å²) >= 11 is 0. The highest BCUT2D eigenvalue weighted by Gasteiger charge is 2.31. The zero-order chi connectivity index (χ0) is 12.5. The molecular weight excluding hydrogens is 243 g/mol. The molecule has 0 bridgehead atoms. The van der Waals surface area contributed by atoms with Gasteiger partial charge in [0.2, 0.25) is 0 Å². The van der Waals surface area contributed by atoms with E-state index in [1.807, 2.05) is 0 Å². The van der Waals surface area contributed by atoms with E-state index in [0.717, 1.165) is 12.1 Å². The monoisotopic (exact) mass is 256 g/mol. The summed E-state index contributed by atoms with van der Waals surface area (Å²) in [5.74, 6) is -0.335. The molecule has 5 heteroatoms. The lowest BCUT2D eigenvalue weighted by molar-refractivity contribution is -0.120. The molecule has 0 N–H and O–H groups in total. The van der Waals surface area contributed by atoms with Crippen molar-refractivity contribution in [2.75, 3.05) is 0 Å². The molecular formula is C12H13FO3S. The van der Waals surface area contributed by atoms with E-state index in [1.54, 1.807) is 0 Å². The van der Waals surface area contributed by atoms with Gasteiger partial charge in [0.25, 0.3) is 0 Å². The smallest absolute Gasteiger partial charge is 0.181 e. The van der Waals surface area contributed by atoms with Gasteiger partial charge in [-0.3, -0.25) is 4.79 Å². The third kappa shape index (κ3) is 2.54. The molecule has 1 saturated carbocycles. The molecule has 92 valence electrons. The van der Waals surface area contributed by atoms with Gasteiger partial charge in [0.15, 0.2) is 9.84 Å². The van der Waals surface area contributed by atoms with Crippen molar-refractivity contribution in [1.29, 1.82) is 0 Å². The minimum atomic E-state index is -3.42. The van der Waals surface area contributed by atoms with E-state index in [9.17, 15) is 17.6 Å². The Morgan fingerprint density at radius 2 is 1.59 bits per heavy atom. The van der Waals surface area contributed by atoms with Crippen LogP contribution in [0.4, 0.5) is 4.39 Å². The van der Waals surface area contributed by atoms with Gasteiger partial charge in [-0.1, -0.05) is 0 Å². The van der Waals surface area contributed by atoms with E-state index in [-0.39, 0.29) is 10.7 Å². The molecule has 17 heavy (non-hydrogen) atoms. The summed E-state index contributed by atoms with van der Waals surface area (Å²) in [6.45, 7) is 0. The molecule has 1 aliphatic carbocycles. The molecule has 1 aliphatic rings. The van der Waals surface area contributed by atoms with Gasteiger partial charge < -0.3 is 0 Å². The Balaban J connectivity index is 2.24. The van der Waals surface area contributed by atoms with Gasteiger partial charge >= 0.3 is 0 Å². The summed E-state index contributed by atoms with van der Waals surface area (Å²) in [5, 5.41) is -0.509. The van der Waals surface area contributed by atoms with Crippen molar-refractivity contribution in [3.8, 4) is 0 Å². The molecule has 0 spiro atoms. The Morgan fingerprint density at radius 1 is 1.06 bits per heavy atom. The van der Waals surface area contributed by atoms with Crippen LogP contribution < -0.4 is 0 Å². The second kappa shape index (κ2) is 4.56. The molecule has 0 saturated heterocycles. The molecule has 1 fully saturated rings. The predicted octanol–water partition coefficient (Wildman–Crippen LogP) is 2.11. The van der Waals surface area contributed by atoms with E-state index < -0.39 is 20.9 Å². The molecule has 1 aromatic rings. The third-order valence-electron chi connectivity index (χ3n) is 3.07. The van der Waals surface area contributed by atoms with Gasteiger partial charge in [-0.05, 0) is 37.1 Å². The van der Waals surface area contributed by atoms with Crippen LogP contribution in [0.2, 0.25) is 0 Å². The standard InChI is InChI=1S/C12H13FO3S/c13-9-1-5-11(6-2-9)17(15,16)12-7-3-10(14)4-8-12/h1-2,5-6,12H,3-4,7-8H2. The molecule has 0 aliphatic heterocycles. The van der Waals surface area contributed by atoms with Crippen LogP contribution in [0.5, 0.6) is 0 Å². The second-order valence-electron chi connectivity index (χ2n) is 4.24. The highest BCUT2D eigenvalue weighted by atomic mass is 32.2. The van der Waals surface area contributed by atoms with Gasteiger partial charge in [-0.15, -0.1) is 0 Å². The van der Waals surface area contributed by atoms with E-state index >= 15 is 0 Å². The van der Waals surface area contributed by atoms with Crippen LogP contribution in [0.3, 0.4) is 0 Å². The fourth-order valence-electron chi connectivity index (χ4n) is 2.04. The van der Waals surface area contributed by atoms with Crippen molar-refractivity contribution in [1.82, 2.24) is 0 Å². The number of carbonyl (C=O) groups is 1. The molecule has 1 aromatic carbocycles. The van der Waals surface area contributed by atoms with Gasteiger partial charge in [-0.25, -0.2) is 12.8 Å². The first-order valence-electron chi connectivity index (χ1n) is 5.51. The number of carbonyl (C=O) groups excluding carboxylic acids is 1. The fraction of sp³-hybridized carbons (Fsp3) is 0.417. The molecule has 0 heterocycles. The summed E-state index contributed by atoms with van der Waals surface area (Å²) in [6, 6.07) is 4.84. The lowest BCUT2D eigenvalue weighted by Crippen LogP contribution is -2.27. The minimum Gasteiger partial charge on any atom is -0.300 e. The van der Waals surface area contributed by atoms with Crippen molar-refractivity contribution in [3.63, 3.8) is 0 Å². The normalized spacial score (nSPS) is 18.3. The average Bonchev–Trinajstić information content (AvgIpc) is 2.30. The lowest BCUT2D eigenvalue weighted by Gasteiger charge is -2.21. The maximum absolute atomic E-state index is 12.7. The molecule has 0 atom stereocenters. The van der Waals surface area contributed by atoms with Crippen LogP contribution >= 0.6 is 0 Å². The largest absolute Gasteiger partial charge is 0.300 e. The number of sulfone groups is 1. The number of ketones is 1. The molecule has 2 rings (SSSR count). The average molecular weight is 256 g/mol. The first-order chi connectivity index (χ1) is 8.00. The van der Waals surface area contributed by atoms with Gasteiger partial charge in [0.1, 0.15) is 11.6 Å². The molecule has 0 radical (unpaired) electrons. The first kappa shape index (κ1) is 12.2. The predicted molar refractivity (Wildman–Crippen MR) is 60.8 cm³/mol. The Bertz CT molecular complexity index is 509. The third-order valence-corrected chi connectivity index (χ3v) is 5.35. The number of benzene rings is 1. The maximum Gasteiger partial charge on any atom is 0.181 e. The summed E-state index contributed by atoms with van der Waals surface area (Å²) in [5.41, 5.74) is 0. The van der Waals surface area contributed by atoms with Crippen molar-refractivity contribution in [3.05, 3.63) is 30.1 Å². The van der Waals surface area contributed by atoms with Crippen molar-refractivity contribution in [2.24, 2.45) is 0 Å². The zero-order valence-corrected chi connectivity index (χ0v) is 10.0. The Hall–Kier alpha value is -1.23. The Kier molecular flexibility index (Phi) is 3.28. The Labute approximate surface area is 99.6 Å².